The Kier molecular flexibility index (Phi) is 3.91. The minimum absolute atomic E-state index is 0.0139. The van der Waals surface area contributed by atoms with Crippen molar-refractivity contribution in [3.63, 3.8) is 0 Å². The fraction of sp³-hybridized carbons (Fsp3) is 0.455. The first kappa shape index (κ1) is 15.7. The summed E-state index contributed by atoms with van der Waals surface area (Å²) in [6.45, 7) is 1.59. The Morgan fingerprint density at radius 2 is 2.05 bits per heavy atom. The van der Waals surface area contributed by atoms with Crippen LogP contribution < -0.4 is 10.5 Å². The van der Waals surface area contributed by atoms with Crippen LogP contribution in [0.1, 0.15) is 13.3 Å². The molecule has 0 amide bonds. The maximum absolute atomic E-state index is 12.4. The molecule has 1 unspecified atom stereocenters. The van der Waals surface area contributed by atoms with Crippen molar-refractivity contribution in [1.82, 2.24) is 4.72 Å². The van der Waals surface area contributed by atoms with E-state index < -0.39 is 25.4 Å². The molecule has 9 heteroatoms. The van der Waals surface area contributed by atoms with Crippen LogP contribution in [0.4, 0.5) is 5.69 Å². The fourth-order valence-corrected chi connectivity index (χ4v) is 6.50. The van der Waals surface area contributed by atoms with Crippen molar-refractivity contribution in [2.75, 3.05) is 17.2 Å². The molecule has 0 bridgehead atoms. The zero-order valence-electron chi connectivity index (χ0n) is 10.8. The van der Waals surface area contributed by atoms with Gasteiger partial charge in [-0.3, -0.25) is 0 Å². The predicted octanol–water partition coefficient (Wildman–Crippen LogP) is 0.887. The Balaban J connectivity index is 2.35. The molecular weight excluding hydrogens is 368 g/mol. The van der Waals surface area contributed by atoms with Gasteiger partial charge in [0.2, 0.25) is 10.0 Å². The molecule has 1 aliphatic heterocycles. The SMILES string of the molecule is CC1(NS(=O)(=O)c2cc(Br)ccc2N)CCS(=O)(=O)C1. The highest BCUT2D eigenvalue weighted by molar-refractivity contribution is 9.10. The lowest BCUT2D eigenvalue weighted by atomic mass is 10.0. The maximum Gasteiger partial charge on any atom is 0.243 e. The summed E-state index contributed by atoms with van der Waals surface area (Å²) in [5.41, 5.74) is 4.81. The summed E-state index contributed by atoms with van der Waals surface area (Å²) in [5, 5.41) is 0. The van der Waals surface area contributed by atoms with E-state index in [1.54, 1.807) is 13.0 Å². The van der Waals surface area contributed by atoms with E-state index in [0.29, 0.717) is 4.47 Å². The van der Waals surface area contributed by atoms with E-state index in [1.807, 2.05) is 0 Å². The van der Waals surface area contributed by atoms with Gasteiger partial charge in [0.15, 0.2) is 9.84 Å². The summed E-state index contributed by atoms with van der Waals surface area (Å²) in [5.74, 6) is -0.215. The van der Waals surface area contributed by atoms with Crippen LogP contribution in [-0.2, 0) is 19.9 Å². The lowest BCUT2D eigenvalue weighted by Gasteiger charge is -2.24. The molecule has 1 aromatic carbocycles. The first-order chi connectivity index (χ1) is 9.03. The number of sulfone groups is 1. The van der Waals surface area contributed by atoms with Gasteiger partial charge in [-0.05, 0) is 31.5 Å². The van der Waals surface area contributed by atoms with Crippen molar-refractivity contribution in [2.45, 2.75) is 23.8 Å². The number of rotatable bonds is 3. The second-order valence-corrected chi connectivity index (χ2v) is 9.94. The second kappa shape index (κ2) is 4.97. The first-order valence-electron chi connectivity index (χ1n) is 5.83. The Bertz CT molecular complexity index is 746. The van der Waals surface area contributed by atoms with Crippen LogP contribution in [0.2, 0.25) is 0 Å². The van der Waals surface area contributed by atoms with Gasteiger partial charge < -0.3 is 5.73 Å². The standard InChI is InChI=1S/C11H15BrN2O4S2/c1-11(4-5-19(15,16)7-11)14-20(17,18)10-6-8(12)2-3-9(10)13/h2-3,6,14H,4-5,7,13H2,1H3. The summed E-state index contributed by atoms with van der Waals surface area (Å²) in [4.78, 5) is -0.0580. The third-order valence-electron chi connectivity index (χ3n) is 3.15. The van der Waals surface area contributed by atoms with Gasteiger partial charge >= 0.3 is 0 Å². The van der Waals surface area contributed by atoms with Gasteiger partial charge in [0, 0.05) is 10.0 Å². The van der Waals surface area contributed by atoms with E-state index >= 15 is 0 Å². The third kappa shape index (κ3) is 3.33. The normalized spacial score (nSPS) is 25.7. The van der Waals surface area contributed by atoms with Gasteiger partial charge in [-0.25, -0.2) is 21.6 Å². The van der Waals surface area contributed by atoms with Crippen LogP contribution >= 0.6 is 15.9 Å². The number of nitrogen functional groups attached to an aromatic ring is 1. The molecule has 2 rings (SSSR count). The summed E-state index contributed by atoms with van der Waals surface area (Å²) >= 11 is 3.19. The summed E-state index contributed by atoms with van der Waals surface area (Å²) in [7, 11) is -7.07. The van der Waals surface area contributed by atoms with Crippen LogP contribution in [-0.4, -0.2) is 33.9 Å². The van der Waals surface area contributed by atoms with Crippen LogP contribution in [0.3, 0.4) is 0 Å². The molecule has 1 fully saturated rings. The average Bonchev–Trinajstić information content (AvgIpc) is 2.55. The van der Waals surface area contributed by atoms with Crippen LogP contribution in [0.5, 0.6) is 0 Å². The number of nitrogens with one attached hydrogen (secondary N) is 1. The minimum Gasteiger partial charge on any atom is -0.398 e. The van der Waals surface area contributed by atoms with Gasteiger partial charge in [0.25, 0.3) is 0 Å². The summed E-state index contributed by atoms with van der Waals surface area (Å²) in [6, 6.07) is 4.51. The van der Waals surface area contributed by atoms with Crippen LogP contribution in [0, 0.1) is 0 Å². The van der Waals surface area contributed by atoms with E-state index in [0.717, 1.165) is 0 Å². The molecular formula is C11H15BrN2O4S2. The molecule has 0 saturated carbocycles. The molecule has 1 aliphatic rings. The van der Waals surface area contributed by atoms with Gasteiger partial charge in [0.1, 0.15) is 4.90 Å². The van der Waals surface area contributed by atoms with Gasteiger partial charge in [-0.1, -0.05) is 15.9 Å². The molecule has 0 aromatic heterocycles. The molecule has 1 atom stereocenters. The third-order valence-corrected chi connectivity index (χ3v) is 7.24. The van der Waals surface area contributed by atoms with Crippen LogP contribution in [0.15, 0.2) is 27.6 Å². The van der Waals surface area contributed by atoms with Gasteiger partial charge in [-0.2, -0.15) is 0 Å². The molecule has 3 N–H and O–H groups in total. The summed E-state index contributed by atoms with van der Waals surface area (Å²) in [6.07, 6.45) is 0.252. The number of sulfonamides is 1. The van der Waals surface area contributed by atoms with E-state index in [4.69, 9.17) is 5.73 Å². The molecule has 0 aliphatic carbocycles. The monoisotopic (exact) mass is 382 g/mol. The number of halogens is 1. The topological polar surface area (TPSA) is 106 Å². The van der Waals surface area contributed by atoms with E-state index in [1.165, 1.54) is 12.1 Å². The van der Waals surface area contributed by atoms with Crippen molar-refractivity contribution in [3.05, 3.63) is 22.7 Å². The Labute approximate surface area is 126 Å². The van der Waals surface area contributed by atoms with E-state index in [-0.39, 0.29) is 28.5 Å². The second-order valence-electron chi connectivity index (χ2n) is 5.19. The van der Waals surface area contributed by atoms with Crippen molar-refractivity contribution in [2.24, 2.45) is 0 Å². The smallest absolute Gasteiger partial charge is 0.243 e. The van der Waals surface area contributed by atoms with Crippen molar-refractivity contribution < 1.29 is 16.8 Å². The highest BCUT2D eigenvalue weighted by Crippen LogP contribution is 2.28. The number of nitrogens with two attached hydrogens (primary N) is 1. The molecule has 1 saturated heterocycles. The zero-order valence-corrected chi connectivity index (χ0v) is 14.0. The Morgan fingerprint density at radius 3 is 2.60 bits per heavy atom. The Hall–Kier alpha value is -0.640. The van der Waals surface area contributed by atoms with Crippen LogP contribution in [0.25, 0.3) is 0 Å². The zero-order chi connectivity index (χ0) is 15.2. The first-order valence-corrected chi connectivity index (χ1v) is 9.92. The average molecular weight is 383 g/mol. The number of hydrogen-bond acceptors (Lipinski definition) is 5. The highest BCUT2D eigenvalue weighted by Gasteiger charge is 2.41. The van der Waals surface area contributed by atoms with Gasteiger partial charge in [-0.15, -0.1) is 0 Å². The molecule has 20 heavy (non-hydrogen) atoms. The quantitative estimate of drug-likeness (QED) is 0.754. The van der Waals surface area contributed by atoms with Crippen molar-refractivity contribution in [1.29, 1.82) is 0 Å². The number of hydrogen-bond donors (Lipinski definition) is 2. The predicted molar refractivity (Wildman–Crippen MR) is 80.6 cm³/mol. The highest BCUT2D eigenvalue weighted by atomic mass is 79.9. The minimum atomic E-state index is -3.87. The van der Waals surface area contributed by atoms with E-state index in [9.17, 15) is 16.8 Å². The Morgan fingerprint density at radius 1 is 1.40 bits per heavy atom. The molecule has 112 valence electrons. The molecule has 0 spiro atoms. The van der Waals surface area contributed by atoms with Crippen molar-refractivity contribution in [3.8, 4) is 0 Å². The summed E-state index contributed by atoms with van der Waals surface area (Å²) < 4.78 is 50.8. The molecule has 6 nitrogen and oxygen atoms in total. The molecule has 1 heterocycles. The number of anilines is 1. The molecule has 0 radical (unpaired) electrons. The number of benzene rings is 1. The largest absolute Gasteiger partial charge is 0.398 e. The lowest BCUT2D eigenvalue weighted by molar-refractivity contribution is 0.462. The molecule has 1 aromatic rings. The fourth-order valence-electron chi connectivity index (χ4n) is 2.21. The van der Waals surface area contributed by atoms with Crippen molar-refractivity contribution >= 4 is 41.5 Å². The lowest BCUT2D eigenvalue weighted by Crippen LogP contribution is -2.46. The van der Waals surface area contributed by atoms with Gasteiger partial charge in [0.05, 0.1) is 17.2 Å². The maximum atomic E-state index is 12.4. The van der Waals surface area contributed by atoms with E-state index in [2.05, 4.69) is 20.7 Å².